The standard InChI is InChI=1S/C9H11N2O/c10-6-8-3-1-2-7(4-8)5-9(11)12/h1-4,11H,5-6,10H2. The van der Waals surface area contributed by atoms with Crippen LogP contribution in [0.1, 0.15) is 11.1 Å². The summed E-state index contributed by atoms with van der Waals surface area (Å²) in [7, 11) is 0. The van der Waals surface area contributed by atoms with Gasteiger partial charge in [0, 0.05) is 6.54 Å². The Morgan fingerprint density at radius 3 is 2.67 bits per heavy atom. The number of amides is 1. The van der Waals surface area contributed by atoms with Crippen LogP contribution in [0.4, 0.5) is 0 Å². The quantitative estimate of drug-likeness (QED) is 0.705. The molecule has 1 rings (SSSR count). The molecule has 12 heavy (non-hydrogen) atoms. The third-order valence-corrected chi connectivity index (χ3v) is 1.59. The Bertz CT molecular complexity index is 284. The third-order valence-electron chi connectivity index (χ3n) is 1.59. The summed E-state index contributed by atoms with van der Waals surface area (Å²) in [6.07, 6.45) is 0.174. The summed E-state index contributed by atoms with van der Waals surface area (Å²) in [5.74, 6) is -0.566. The minimum Gasteiger partial charge on any atom is -0.326 e. The fourth-order valence-corrected chi connectivity index (χ4v) is 1.05. The zero-order valence-corrected chi connectivity index (χ0v) is 6.71. The van der Waals surface area contributed by atoms with Crippen LogP contribution >= 0.6 is 0 Å². The molecular weight excluding hydrogens is 152 g/mol. The van der Waals surface area contributed by atoms with Gasteiger partial charge < -0.3 is 5.73 Å². The van der Waals surface area contributed by atoms with E-state index in [4.69, 9.17) is 11.5 Å². The van der Waals surface area contributed by atoms with Gasteiger partial charge in [-0.05, 0) is 11.1 Å². The third kappa shape index (κ3) is 2.36. The molecule has 0 aliphatic carbocycles. The number of nitrogens with two attached hydrogens (primary N) is 1. The predicted octanol–water partition coefficient (Wildman–Crippen LogP) is 0.497. The second-order valence-corrected chi connectivity index (χ2v) is 2.62. The molecule has 0 aliphatic rings. The molecule has 1 radical (unpaired) electrons. The van der Waals surface area contributed by atoms with Gasteiger partial charge in [0.25, 0.3) is 0 Å². The lowest BCUT2D eigenvalue weighted by Crippen LogP contribution is -2.03. The van der Waals surface area contributed by atoms with Gasteiger partial charge in [0.1, 0.15) is 0 Å². The van der Waals surface area contributed by atoms with E-state index in [0.717, 1.165) is 11.1 Å². The van der Waals surface area contributed by atoms with Crippen LogP contribution in [0, 0.1) is 0 Å². The lowest BCUT2D eigenvalue weighted by molar-refractivity contribution is -0.118. The van der Waals surface area contributed by atoms with Crippen molar-refractivity contribution in [1.29, 1.82) is 0 Å². The van der Waals surface area contributed by atoms with Gasteiger partial charge in [0.2, 0.25) is 5.91 Å². The molecule has 0 aliphatic heterocycles. The predicted molar refractivity (Wildman–Crippen MR) is 46.1 cm³/mol. The van der Waals surface area contributed by atoms with Crippen molar-refractivity contribution in [3.05, 3.63) is 35.4 Å². The molecule has 0 fully saturated rings. The Balaban J connectivity index is 2.79. The number of rotatable bonds is 3. The molecule has 0 saturated heterocycles. The SMILES string of the molecule is [NH]C(=O)Cc1cccc(CN)c1. The van der Waals surface area contributed by atoms with Gasteiger partial charge in [-0.2, -0.15) is 0 Å². The molecule has 1 amide bonds. The molecule has 63 valence electrons. The molecule has 3 nitrogen and oxygen atoms in total. The van der Waals surface area contributed by atoms with Gasteiger partial charge in [-0.1, -0.05) is 24.3 Å². The van der Waals surface area contributed by atoms with E-state index in [1.54, 1.807) is 0 Å². The van der Waals surface area contributed by atoms with E-state index >= 15 is 0 Å². The largest absolute Gasteiger partial charge is 0.326 e. The Hall–Kier alpha value is -1.35. The maximum Gasteiger partial charge on any atom is 0.242 e. The topological polar surface area (TPSA) is 66.9 Å². The summed E-state index contributed by atoms with van der Waals surface area (Å²) >= 11 is 0. The van der Waals surface area contributed by atoms with Gasteiger partial charge >= 0.3 is 0 Å². The summed E-state index contributed by atoms with van der Waals surface area (Å²) in [6.45, 7) is 0.472. The van der Waals surface area contributed by atoms with Crippen LogP contribution in [0.25, 0.3) is 0 Å². The smallest absolute Gasteiger partial charge is 0.242 e. The Kier molecular flexibility index (Phi) is 2.82. The van der Waals surface area contributed by atoms with Crippen molar-refractivity contribution in [3.8, 4) is 0 Å². The van der Waals surface area contributed by atoms with E-state index in [1.165, 1.54) is 0 Å². The summed E-state index contributed by atoms with van der Waals surface area (Å²) < 4.78 is 0. The molecule has 0 unspecified atom stereocenters. The first kappa shape index (κ1) is 8.74. The zero-order valence-electron chi connectivity index (χ0n) is 6.71. The van der Waals surface area contributed by atoms with Crippen LogP contribution in [0.3, 0.4) is 0 Å². The first-order valence-electron chi connectivity index (χ1n) is 3.74. The first-order chi connectivity index (χ1) is 5.72. The van der Waals surface area contributed by atoms with Crippen molar-refractivity contribution in [1.82, 2.24) is 5.73 Å². The van der Waals surface area contributed by atoms with E-state index < -0.39 is 5.91 Å². The number of benzene rings is 1. The Labute approximate surface area is 71.4 Å². The van der Waals surface area contributed by atoms with E-state index in [-0.39, 0.29) is 6.42 Å². The van der Waals surface area contributed by atoms with Crippen LogP contribution in [0.2, 0.25) is 0 Å². The van der Waals surface area contributed by atoms with Crippen molar-refractivity contribution in [3.63, 3.8) is 0 Å². The van der Waals surface area contributed by atoms with Gasteiger partial charge in [-0.3, -0.25) is 10.5 Å². The van der Waals surface area contributed by atoms with E-state index in [2.05, 4.69) is 0 Å². The van der Waals surface area contributed by atoms with E-state index in [9.17, 15) is 4.79 Å². The fourth-order valence-electron chi connectivity index (χ4n) is 1.05. The minimum absolute atomic E-state index is 0.174. The van der Waals surface area contributed by atoms with Crippen molar-refractivity contribution in [2.75, 3.05) is 0 Å². The summed E-state index contributed by atoms with van der Waals surface area (Å²) in [5.41, 5.74) is 14.0. The van der Waals surface area contributed by atoms with Crippen LogP contribution < -0.4 is 11.5 Å². The minimum atomic E-state index is -0.566. The average molecular weight is 163 g/mol. The molecule has 0 aromatic heterocycles. The molecule has 0 atom stereocenters. The molecule has 3 N–H and O–H groups in total. The Morgan fingerprint density at radius 2 is 2.08 bits per heavy atom. The van der Waals surface area contributed by atoms with Crippen LogP contribution in [0.5, 0.6) is 0 Å². The molecule has 3 heteroatoms. The van der Waals surface area contributed by atoms with Crippen molar-refractivity contribution in [2.24, 2.45) is 5.73 Å². The summed E-state index contributed by atoms with van der Waals surface area (Å²) in [4.78, 5) is 10.4. The molecule has 1 aromatic rings. The number of hydrogen-bond acceptors (Lipinski definition) is 2. The molecular formula is C9H11N2O. The maximum atomic E-state index is 10.4. The molecule has 0 spiro atoms. The fraction of sp³-hybridized carbons (Fsp3) is 0.222. The highest BCUT2D eigenvalue weighted by atomic mass is 16.1. The number of hydrogen-bond donors (Lipinski definition) is 1. The Morgan fingerprint density at radius 1 is 1.42 bits per heavy atom. The van der Waals surface area contributed by atoms with Gasteiger partial charge in [0.05, 0.1) is 6.42 Å². The summed E-state index contributed by atoms with van der Waals surface area (Å²) in [6, 6.07) is 7.43. The number of carbonyl (C=O) groups is 1. The number of carbonyl (C=O) groups excluding carboxylic acids is 1. The first-order valence-corrected chi connectivity index (χ1v) is 3.74. The average Bonchev–Trinajstić information content (AvgIpc) is 2.03. The lowest BCUT2D eigenvalue weighted by atomic mass is 10.1. The maximum absolute atomic E-state index is 10.4. The highest BCUT2D eigenvalue weighted by molar-refractivity contribution is 5.75. The van der Waals surface area contributed by atoms with Gasteiger partial charge in [-0.15, -0.1) is 0 Å². The normalized spacial score (nSPS) is 9.75. The highest BCUT2D eigenvalue weighted by Gasteiger charge is 1.98. The molecule has 1 aromatic carbocycles. The van der Waals surface area contributed by atoms with Crippen molar-refractivity contribution in [2.45, 2.75) is 13.0 Å². The number of nitrogens with one attached hydrogen (secondary N) is 1. The van der Waals surface area contributed by atoms with E-state index in [1.807, 2.05) is 24.3 Å². The van der Waals surface area contributed by atoms with Crippen LogP contribution in [0.15, 0.2) is 24.3 Å². The van der Waals surface area contributed by atoms with Crippen LogP contribution in [-0.2, 0) is 17.8 Å². The summed E-state index contributed by atoms with van der Waals surface area (Å²) in [5, 5.41) is 0. The highest BCUT2D eigenvalue weighted by Crippen LogP contribution is 2.04. The molecule has 0 saturated carbocycles. The van der Waals surface area contributed by atoms with Crippen molar-refractivity contribution >= 4 is 5.91 Å². The van der Waals surface area contributed by atoms with Gasteiger partial charge in [-0.25, -0.2) is 0 Å². The van der Waals surface area contributed by atoms with Crippen molar-refractivity contribution < 1.29 is 4.79 Å². The van der Waals surface area contributed by atoms with E-state index in [0.29, 0.717) is 6.54 Å². The zero-order chi connectivity index (χ0) is 8.97. The molecule has 0 bridgehead atoms. The van der Waals surface area contributed by atoms with Crippen LogP contribution in [-0.4, -0.2) is 5.91 Å². The second-order valence-electron chi connectivity index (χ2n) is 2.62. The lowest BCUT2D eigenvalue weighted by Gasteiger charge is -1.99. The second kappa shape index (κ2) is 3.88. The van der Waals surface area contributed by atoms with Gasteiger partial charge in [0.15, 0.2) is 0 Å². The monoisotopic (exact) mass is 163 g/mol. The molecule has 0 heterocycles.